The molecule has 1 saturated heterocycles. The molecule has 0 atom stereocenters. The maximum Gasteiger partial charge on any atom is 0.416 e. The zero-order chi connectivity index (χ0) is 26.5. The number of urea groups is 1. The van der Waals surface area contributed by atoms with Gasteiger partial charge in [0.2, 0.25) is 0 Å². The van der Waals surface area contributed by atoms with E-state index in [1.165, 1.54) is 30.3 Å². The summed E-state index contributed by atoms with van der Waals surface area (Å²) >= 11 is 0. The molecular weight excluding hydrogens is 509 g/mol. The Morgan fingerprint density at radius 3 is 2.43 bits per heavy atom. The molecule has 1 aliphatic heterocycles. The van der Waals surface area contributed by atoms with Crippen LogP contribution in [0.5, 0.6) is 0 Å². The molecule has 4 rings (SSSR count). The average Bonchev–Trinajstić information content (AvgIpc) is 2.88. The Morgan fingerprint density at radius 2 is 1.78 bits per heavy atom. The number of hydrogen-bond donors (Lipinski definition) is 2. The van der Waals surface area contributed by atoms with Gasteiger partial charge in [0.1, 0.15) is 0 Å². The summed E-state index contributed by atoms with van der Waals surface area (Å²) in [5, 5.41) is 5.27. The third kappa shape index (κ3) is 6.98. The van der Waals surface area contributed by atoms with E-state index in [9.17, 15) is 26.4 Å². The number of sulfone groups is 1. The van der Waals surface area contributed by atoms with Crippen LogP contribution in [0.1, 0.15) is 16.7 Å². The first-order valence-electron chi connectivity index (χ1n) is 11.4. The fraction of sp³-hybridized carbons (Fsp3) is 0.280. The quantitative estimate of drug-likeness (QED) is 0.471. The van der Waals surface area contributed by atoms with Crippen LogP contribution in [0.4, 0.5) is 29.3 Å². The van der Waals surface area contributed by atoms with Gasteiger partial charge in [0.15, 0.2) is 9.84 Å². The van der Waals surface area contributed by atoms with E-state index in [0.29, 0.717) is 37.7 Å². The molecule has 1 aromatic heterocycles. The summed E-state index contributed by atoms with van der Waals surface area (Å²) < 4.78 is 71.7. The molecule has 1 fully saturated rings. The largest absolute Gasteiger partial charge is 0.416 e. The van der Waals surface area contributed by atoms with Crippen molar-refractivity contribution in [3.63, 3.8) is 0 Å². The summed E-state index contributed by atoms with van der Waals surface area (Å²) in [5.74, 6) is -0.609. The average molecular weight is 535 g/mol. The first-order valence-corrected chi connectivity index (χ1v) is 13.1. The van der Waals surface area contributed by atoms with Gasteiger partial charge in [-0.3, -0.25) is 4.98 Å². The van der Waals surface area contributed by atoms with Crippen molar-refractivity contribution in [3.8, 4) is 0 Å². The van der Waals surface area contributed by atoms with Gasteiger partial charge in [0, 0.05) is 43.4 Å². The van der Waals surface area contributed by atoms with Gasteiger partial charge in [-0.2, -0.15) is 13.2 Å². The minimum atomic E-state index is -4.60. The molecule has 0 unspecified atom stereocenters. The number of nitrogens with zero attached hydrogens (tertiary/aromatic N) is 2. The maximum atomic E-state index is 13.4. The maximum absolute atomic E-state index is 13.4. The number of rotatable bonds is 7. The van der Waals surface area contributed by atoms with Crippen molar-refractivity contribution in [3.05, 3.63) is 83.7 Å². The Kier molecular flexibility index (Phi) is 7.98. The van der Waals surface area contributed by atoms with Crippen LogP contribution in [0.3, 0.4) is 0 Å². The van der Waals surface area contributed by atoms with Crippen molar-refractivity contribution < 1.29 is 31.1 Å². The van der Waals surface area contributed by atoms with Gasteiger partial charge in [-0.1, -0.05) is 6.07 Å². The third-order valence-electron chi connectivity index (χ3n) is 5.75. The molecule has 1 aliphatic rings. The molecular formula is C25H25F3N4O4S. The molecule has 0 saturated carbocycles. The van der Waals surface area contributed by atoms with Gasteiger partial charge in [-0.25, -0.2) is 13.2 Å². The predicted molar refractivity (Wildman–Crippen MR) is 132 cm³/mol. The second kappa shape index (κ2) is 11.2. The Bertz CT molecular complexity index is 1330. The summed E-state index contributed by atoms with van der Waals surface area (Å²) in [4.78, 5) is 17.9. The number of pyridine rings is 1. The highest BCUT2D eigenvalue weighted by Gasteiger charge is 2.32. The number of alkyl halides is 3. The number of morpholine rings is 1. The summed E-state index contributed by atoms with van der Waals surface area (Å²) in [7, 11) is -3.99. The zero-order valence-corrected chi connectivity index (χ0v) is 20.5. The molecule has 8 nitrogen and oxygen atoms in total. The van der Waals surface area contributed by atoms with Gasteiger partial charge >= 0.3 is 12.2 Å². The number of hydrogen-bond acceptors (Lipinski definition) is 6. The standard InChI is InChI=1S/C25H25F3N4O4S/c26-25(27,28)20-3-8-23(32-10-12-36-13-11-32)19(14-20)17-37(34,35)22-6-4-21(5-7-22)31-24(33)30-16-18-2-1-9-29-15-18/h1-9,14-15H,10-13,16-17H2,(H2,30,31,33). The fourth-order valence-electron chi connectivity index (χ4n) is 3.88. The lowest BCUT2D eigenvalue weighted by Gasteiger charge is -2.31. The smallest absolute Gasteiger partial charge is 0.378 e. The number of benzene rings is 2. The molecule has 37 heavy (non-hydrogen) atoms. The van der Waals surface area contributed by atoms with E-state index in [0.717, 1.165) is 17.7 Å². The molecule has 0 radical (unpaired) electrons. The van der Waals surface area contributed by atoms with Crippen LogP contribution >= 0.6 is 0 Å². The molecule has 2 amide bonds. The topological polar surface area (TPSA) is 101 Å². The molecule has 0 bridgehead atoms. The van der Waals surface area contributed by atoms with Crippen LogP contribution < -0.4 is 15.5 Å². The lowest BCUT2D eigenvalue weighted by molar-refractivity contribution is -0.137. The number of aromatic nitrogens is 1. The zero-order valence-electron chi connectivity index (χ0n) is 19.7. The van der Waals surface area contributed by atoms with Gasteiger partial charge in [-0.05, 0) is 59.7 Å². The van der Waals surface area contributed by atoms with Gasteiger partial charge in [0.05, 0.1) is 29.4 Å². The second-order valence-corrected chi connectivity index (χ2v) is 10.4. The van der Waals surface area contributed by atoms with Crippen LogP contribution in [0, 0.1) is 0 Å². The van der Waals surface area contributed by atoms with E-state index >= 15 is 0 Å². The van der Waals surface area contributed by atoms with E-state index in [1.54, 1.807) is 18.5 Å². The number of amides is 2. The lowest BCUT2D eigenvalue weighted by Crippen LogP contribution is -2.37. The van der Waals surface area contributed by atoms with E-state index < -0.39 is 33.4 Å². The molecule has 196 valence electrons. The van der Waals surface area contributed by atoms with Crippen LogP contribution in [-0.2, 0) is 33.0 Å². The Morgan fingerprint density at radius 1 is 1.05 bits per heavy atom. The van der Waals surface area contributed by atoms with Crippen LogP contribution in [0.2, 0.25) is 0 Å². The third-order valence-corrected chi connectivity index (χ3v) is 7.43. The molecule has 2 N–H and O–H groups in total. The number of carbonyl (C=O) groups is 1. The Labute approximate surface area is 212 Å². The monoisotopic (exact) mass is 534 g/mol. The number of anilines is 2. The second-order valence-electron chi connectivity index (χ2n) is 8.39. The van der Waals surface area contributed by atoms with Crippen LogP contribution in [0.25, 0.3) is 0 Å². The summed E-state index contributed by atoms with van der Waals surface area (Å²) in [6, 6.07) is 11.7. The lowest BCUT2D eigenvalue weighted by atomic mass is 10.1. The highest BCUT2D eigenvalue weighted by Crippen LogP contribution is 2.34. The van der Waals surface area contributed by atoms with E-state index in [1.807, 2.05) is 11.0 Å². The van der Waals surface area contributed by atoms with Crippen molar-refractivity contribution in [2.45, 2.75) is 23.4 Å². The molecule has 12 heteroatoms. The molecule has 0 aliphatic carbocycles. The summed E-state index contributed by atoms with van der Waals surface area (Å²) in [5.41, 5.74) is 0.754. The minimum absolute atomic E-state index is 0.0636. The number of ether oxygens (including phenoxy) is 1. The molecule has 2 heterocycles. The Balaban J connectivity index is 1.48. The van der Waals surface area contributed by atoms with Gasteiger partial charge < -0.3 is 20.3 Å². The number of carbonyl (C=O) groups excluding carboxylic acids is 1. The first-order chi connectivity index (χ1) is 17.6. The van der Waals surface area contributed by atoms with Crippen molar-refractivity contribution in [2.24, 2.45) is 0 Å². The van der Waals surface area contributed by atoms with Crippen LogP contribution in [-0.4, -0.2) is 45.7 Å². The van der Waals surface area contributed by atoms with Crippen LogP contribution in [0.15, 0.2) is 71.9 Å². The van der Waals surface area contributed by atoms with Crippen molar-refractivity contribution in [2.75, 3.05) is 36.5 Å². The van der Waals surface area contributed by atoms with Crippen molar-refractivity contribution in [1.29, 1.82) is 0 Å². The number of halogens is 3. The number of nitrogens with one attached hydrogen (secondary N) is 2. The fourth-order valence-corrected chi connectivity index (χ4v) is 5.24. The first kappa shape index (κ1) is 26.4. The van der Waals surface area contributed by atoms with Gasteiger partial charge in [-0.15, -0.1) is 0 Å². The molecule has 0 spiro atoms. The van der Waals surface area contributed by atoms with E-state index in [-0.39, 0.29) is 17.0 Å². The highest BCUT2D eigenvalue weighted by atomic mass is 32.2. The van der Waals surface area contributed by atoms with Crippen molar-refractivity contribution in [1.82, 2.24) is 10.3 Å². The molecule has 2 aromatic carbocycles. The Hall–Kier alpha value is -3.64. The highest BCUT2D eigenvalue weighted by molar-refractivity contribution is 7.90. The van der Waals surface area contributed by atoms with Crippen molar-refractivity contribution >= 4 is 27.2 Å². The normalized spacial score (nSPS) is 14.3. The van der Waals surface area contributed by atoms with E-state index in [4.69, 9.17) is 4.74 Å². The van der Waals surface area contributed by atoms with Gasteiger partial charge in [0.25, 0.3) is 0 Å². The summed E-state index contributed by atoms with van der Waals surface area (Å²) in [6.45, 7) is 1.95. The van der Waals surface area contributed by atoms with E-state index in [2.05, 4.69) is 15.6 Å². The summed E-state index contributed by atoms with van der Waals surface area (Å²) in [6.07, 6.45) is -1.36. The predicted octanol–water partition coefficient (Wildman–Crippen LogP) is 4.23. The SMILES string of the molecule is O=C(NCc1cccnc1)Nc1ccc(S(=O)(=O)Cc2cc(C(F)(F)F)ccc2N2CCOCC2)cc1. The molecule has 3 aromatic rings. The minimum Gasteiger partial charge on any atom is -0.378 e.